The third kappa shape index (κ3) is 4.52. The van der Waals surface area contributed by atoms with Gasteiger partial charge in [0.2, 0.25) is 0 Å². The summed E-state index contributed by atoms with van der Waals surface area (Å²) in [6, 6.07) is 5.50. The largest absolute Gasteiger partial charge is 0.493 e. The highest BCUT2D eigenvalue weighted by atomic mass is 16.5. The van der Waals surface area contributed by atoms with Crippen LogP contribution in [-0.4, -0.2) is 26.3 Å². The molecule has 0 heterocycles. The van der Waals surface area contributed by atoms with Gasteiger partial charge in [-0.05, 0) is 49.5 Å². The van der Waals surface area contributed by atoms with Crippen molar-refractivity contribution in [1.82, 2.24) is 0 Å². The lowest BCUT2D eigenvalue weighted by Crippen LogP contribution is -2.19. The first-order valence-corrected chi connectivity index (χ1v) is 7.33. The summed E-state index contributed by atoms with van der Waals surface area (Å²) < 4.78 is 15.8. The molecule has 0 amide bonds. The van der Waals surface area contributed by atoms with Gasteiger partial charge in [0, 0.05) is 6.08 Å². The van der Waals surface area contributed by atoms with E-state index in [1.54, 1.807) is 20.3 Å². The topological polar surface area (TPSA) is 44.8 Å². The first-order valence-electron chi connectivity index (χ1n) is 7.33. The Morgan fingerprint density at radius 1 is 1.10 bits per heavy atom. The summed E-state index contributed by atoms with van der Waals surface area (Å²) in [6.07, 6.45) is 8.79. The van der Waals surface area contributed by atoms with Crippen LogP contribution in [-0.2, 0) is 9.53 Å². The number of methoxy groups -OCH3 is 2. The zero-order chi connectivity index (χ0) is 15.1. The van der Waals surface area contributed by atoms with Crippen LogP contribution in [0.1, 0.15) is 37.7 Å². The smallest absolute Gasteiger partial charge is 0.331 e. The molecule has 0 radical (unpaired) electrons. The Kier molecular flexibility index (Phi) is 5.67. The molecule has 1 aromatic rings. The second-order valence-corrected chi connectivity index (χ2v) is 5.14. The van der Waals surface area contributed by atoms with Crippen molar-refractivity contribution in [3.8, 4) is 11.5 Å². The highest BCUT2D eigenvalue weighted by Gasteiger charge is 2.16. The zero-order valence-corrected chi connectivity index (χ0v) is 12.6. The third-order valence-electron chi connectivity index (χ3n) is 3.65. The molecule has 1 aromatic carbocycles. The molecule has 2 rings (SSSR count). The van der Waals surface area contributed by atoms with Crippen LogP contribution in [0.4, 0.5) is 0 Å². The molecular weight excluding hydrogens is 268 g/mol. The number of carbonyl (C=O) groups is 1. The average molecular weight is 290 g/mol. The first kappa shape index (κ1) is 15.4. The first-order chi connectivity index (χ1) is 10.2. The van der Waals surface area contributed by atoms with Crippen molar-refractivity contribution in [3.05, 3.63) is 29.8 Å². The minimum absolute atomic E-state index is 0.0845. The number of carbonyl (C=O) groups excluding carboxylic acids is 1. The number of hydrogen-bond donors (Lipinski definition) is 0. The van der Waals surface area contributed by atoms with Crippen LogP contribution in [0.2, 0.25) is 0 Å². The Morgan fingerprint density at radius 2 is 1.81 bits per heavy atom. The van der Waals surface area contributed by atoms with Crippen molar-refractivity contribution in [2.24, 2.45) is 0 Å². The molecule has 0 unspecified atom stereocenters. The Hall–Kier alpha value is -1.97. The highest BCUT2D eigenvalue weighted by Crippen LogP contribution is 2.28. The van der Waals surface area contributed by atoms with Gasteiger partial charge in [-0.3, -0.25) is 0 Å². The molecule has 1 aliphatic rings. The second-order valence-electron chi connectivity index (χ2n) is 5.14. The Balaban J connectivity index is 1.94. The normalized spacial score (nSPS) is 15.9. The number of rotatable bonds is 5. The third-order valence-corrected chi connectivity index (χ3v) is 3.65. The second kappa shape index (κ2) is 7.72. The molecule has 0 N–H and O–H groups in total. The summed E-state index contributed by atoms with van der Waals surface area (Å²) >= 11 is 0. The minimum atomic E-state index is -0.281. The predicted octanol–water partition coefficient (Wildman–Crippen LogP) is 3.59. The molecule has 0 aliphatic heterocycles. The van der Waals surface area contributed by atoms with E-state index in [2.05, 4.69) is 0 Å². The van der Waals surface area contributed by atoms with Crippen LogP contribution in [0.15, 0.2) is 24.3 Å². The van der Waals surface area contributed by atoms with E-state index in [1.165, 1.54) is 12.5 Å². The average Bonchev–Trinajstić information content (AvgIpc) is 2.53. The van der Waals surface area contributed by atoms with Gasteiger partial charge < -0.3 is 14.2 Å². The highest BCUT2D eigenvalue weighted by molar-refractivity contribution is 5.87. The number of hydrogen-bond acceptors (Lipinski definition) is 4. The van der Waals surface area contributed by atoms with Crippen molar-refractivity contribution in [1.29, 1.82) is 0 Å². The van der Waals surface area contributed by atoms with Gasteiger partial charge in [-0.2, -0.15) is 0 Å². The fraction of sp³-hybridized carbons (Fsp3) is 0.471. The van der Waals surface area contributed by atoms with Crippen molar-refractivity contribution >= 4 is 12.0 Å². The van der Waals surface area contributed by atoms with E-state index in [0.717, 1.165) is 31.2 Å². The van der Waals surface area contributed by atoms with Crippen LogP contribution >= 0.6 is 0 Å². The molecule has 0 aromatic heterocycles. The van der Waals surface area contributed by atoms with Crippen LogP contribution in [0, 0.1) is 0 Å². The van der Waals surface area contributed by atoms with E-state index in [4.69, 9.17) is 14.2 Å². The van der Waals surface area contributed by atoms with E-state index in [1.807, 2.05) is 18.2 Å². The summed E-state index contributed by atoms with van der Waals surface area (Å²) in [5, 5.41) is 0. The maximum Gasteiger partial charge on any atom is 0.331 e. The van der Waals surface area contributed by atoms with Gasteiger partial charge in [-0.1, -0.05) is 12.5 Å². The maximum atomic E-state index is 11.8. The zero-order valence-electron chi connectivity index (χ0n) is 12.6. The lowest BCUT2D eigenvalue weighted by Gasteiger charge is -2.20. The van der Waals surface area contributed by atoms with Gasteiger partial charge in [-0.25, -0.2) is 4.79 Å². The molecule has 1 saturated carbocycles. The molecule has 0 atom stereocenters. The van der Waals surface area contributed by atoms with E-state index in [9.17, 15) is 4.79 Å². The van der Waals surface area contributed by atoms with Gasteiger partial charge >= 0.3 is 5.97 Å². The summed E-state index contributed by atoms with van der Waals surface area (Å²) in [6.45, 7) is 0. The number of esters is 1. The SMILES string of the molecule is COc1ccc(C=CC(=O)OC2CCCCC2)cc1OC. The Morgan fingerprint density at radius 3 is 2.48 bits per heavy atom. The Bertz CT molecular complexity index is 502. The van der Waals surface area contributed by atoms with Gasteiger partial charge in [0.05, 0.1) is 14.2 Å². The van der Waals surface area contributed by atoms with Gasteiger partial charge in [0.15, 0.2) is 11.5 Å². The molecule has 4 heteroatoms. The van der Waals surface area contributed by atoms with Crippen molar-refractivity contribution in [2.75, 3.05) is 14.2 Å². The molecule has 1 fully saturated rings. The fourth-order valence-corrected chi connectivity index (χ4v) is 2.51. The fourth-order valence-electron chi connectivity index (χ4n) is 2.51. The van der Waals surface area contributed by atoms with E-state index in [0.29, 0.717) is 11.5 Å². The lowest BCUT2D eigenvalue weighted by molar-refractivity contribution is -0.144. The van der Waals surface area contributed by atoms with Crippen LogP contribution in [0.5, 0.6) is 11.5 Å². The van der Waals surface area contributed by atoms with E-state index < -0.39 is 0 Å². The van der Waals surface area contributed by atoms with Crippen LogP contribution in [0.25, 0.3) is 6.08 Å². The van der Waals surface area contributed by atoms with Crippen LogP contribution < -0.4 is 9.47 Å². The molecule has 114 valence electrons. The van der Waals surface area contributed by atoms with Crippen LogP contribution in [0.3, 0.4) is 0 Å². The molecule has 0 saturated heterocycles. The number of benzene rings is 1. The molecule has 1 aliphatic carbocycles. The molecule has 0 bridgehead atoms. The lowest BCUT2D eigenvalue weighted by atomic mass is 9.98. The van der Waals surface area contributed by atoms with Gasteiger partial charge in [-0.15, -0.1) is 0 Å². The molecular formula is C17H22O4. The summed E-state index contributed by atoms with van der Waals surface area (Å²) in [5.41, 5.74) is 0.869. The predicted molar refractivity (Wildman–Crippen MR) is 81.5 cm³/mol. The Labute approximate surface area is 125 Å². The summed E-state index contributed by atoms with van der Waals surface area (Å²) in [7, 11) is 3.18. The van der Waals surface area contributed by atoms with Gasteiger partial charge in [0.1, 0.15) is 6.10 Å². The van der Waals surface area contributed by atoms with Crippen molar-refractivity contribution in [3.63, 3.8) is 0 Å². The standard InChI is InChI=1S/C17H22O4/c1-19-15-10-8-13(12-16(15)20-2)9-11-17(18)21-14-6-4-3-5-7-14/h8-12,14H,3-7H2,1-2H3. The summed E-state index contributed by atoms with van der Waals surface area (Å²) in [4.78, 5) is 11.8. The van der Waals surface area contributed by atoms with Crippen molar-refractivity contribution in [2.45, 2.75) is 38.2 Å². The van der Waals surface area contributed by atoms with Gasteiger partial charge in [0.25, 0.3) is 0 Å². The summed E-state index contributed by atoms with van der Waals surface area (Å²) in [5.74, 6) is 1.02. The monoisotopic (exact) mass is 290 g/mol. The molecule has 4 nitrogen and oxygen atoms in total. The van der Waals surface area contributed by atoms with E-state index in [-0.39, 0.29) is 12.1 Å². The quantitative estimate of drug-likeness (QED) is 0.614. The molecule has 0 spiro atoms. The van der Waals surface area contributed by atoms with Crippen molar-refractivity contribution < 1.29 is 19.0 Å². The minimum Gasteiger partial charge on any atom is -0.493 e. The number of ether oxygens (including phenoxy) is 3. The maximum absolute atomic E-state index is 11.8. The van der Waals surface area contributed by atoms with E-state index >= 15 is 0 Å². The molecule has 21 heavy (non-hydrogen) atoms.